The predicted molar refractivity (Wildman–Crippen MR) is 63.4 cm³/mol. The first kappa shape index (κ1) is 15.0. The van der Waals surface area contributed by atoms with Gasteiger partial charge in [-0.1, -0.05) is 0 Å². The highest BCUT2D eigenvalue weighted by Gasteiger charge is 2.10. The standard InChI is InChI=1S/C12H14F2N2O3/c13-9-3-2-8(6-10(9)14)12(19)16-7-11(18)15-4-1-5-17/h2-3,6,17H,1,4-5,7H2,(H,15,18)(H,16,19). The summed E-state index contributed by atoms with van der Waals surface area (Å²) in [6.07, 6.45) is 0.420. The third kappa shape index (κ3) is 5.01. The van der Waals surface area contributed by atoms with E-state index in [0.717, 1.165) is 18.2 Å². The van der Waals surface area contributed by atoms with Gasteiger partial charge in [-0.15, -0.1) is 0 Å². The van der Waals surface area contributed by atoms with Gasteiger partial charge in [-0.3, -0.25) is 9.59 Å². The number of rotatable bonds is 6. The van der Waals surface area contributed by atoms with E-state index in [-0.39, 0.29) is 18.7 Å². The number of hydrogen-bond donors (Lipinski definition) is 3. The van der Waals surface area contributed by atoms with Crippen molar-refractivity contribution in [2.45, 2.75) is 6.42 Å². The van der Waals surface area contributed by atoms with Crippen LogP contribution in [0.2, 0.25) is 0 Å². The Morgan fingerprint density at radius 1 is 1.16 bits per heavy atom. The lowest BCUT2D eigenvalue weighted by molar-refractivity contribution is -0.120. The fourth-order valence-corrected chi connectivity index (χ4v) is 1.27. The summed E-state index contributed by atoms with van der Waals surface area (Å²) < 4.78 is 25.5. The second-order valence-electron chi connectivity index (χ2n) is 3.74. The maximum atomic E-state index is 12.9. The van der Waals surface area contributed by atoms with Crippen molar-refractivity contribution in [1.29, 1.82) is 0 Å². The normalized spacial score (nSPS) is 10.1. The number of nitrogens with one attached hydrogen (secondary N) is 2. The molecule has 1 rings (SSSR count). The number of aliphatic hydroxyl groups is 1. The van der Waals surface area contributed by atoms with Crippen molar-refractivity contribution in [3.05, 3.63) is 35.4 Å². The molecule has 104 valence electrons. The third-order valence-electron chi connectivity index (χ3n) is 2.25. The highest BCUT2D eigenvalue weighted by molar-refractivity contribution is 5.96. The fraction of sp³-hybridized carbons (Fsp3) is 0.333. The van der Waals surface area contributed by atoms with Crippen LogP contribution < -0.4 is 10.6 Å². The molecule has 0 heterocycles. The SMILES string of the molecule is O=C(CNC(=O)c1ccc(F)c(F)c1)NCCCO. The van der Waals surface area contributed by atoms with Gasteiger partial charge >= 0.3 is 0 Å². The number of carbonyl (C=O) groups is 2. The summed E-state index contributed by atoms with van der Waals surface area (Å²) in [7, 11) is 0. The van der Waals surface area contributed by atoms with E-state index >= 15 is 0 Å². The van der Waals surface area contributed by atoms with Gasteiger partial charge in [0.05, 0.1) is 6.54 Å². The summed E-state index contributed by atoms with van der Waals surface area (Å²) in [6.45, 7) is -0.0128. The second kappa shape index (κ2) is 7.42. The van der Waals surface area contributed by atoms with Crippen molar-refractivity contribution < 1.29 is 23.5 Å². The van der Waals surface area contributed by atoms with Gasteiger partial charge in [0.15, 0.2) is 11.6 Å². The molecule has 0 aliphatic carbocycles. The minimum atomic E-state index is -1.12. The van der Waals surface area contributed by atoms with Gasteiger partial charge in [0.25, 0.3) is 5.91 Å². The van der Waals surface area contributed by atoms with Crippen LogP contribution in [0.3, 0.4) is 0 Å². The zero-order valence-corrected chi connectivity index (χ0v) is 10.1. The number of benzene rings is 1. The molecule has 0 atom stereocenters. The van der Waals surface area contributed by atoms with Gasteiger partial charge in [-0.2, -0.15) is 0 Å². The number of aliphatic hydroxyl groups excluding tert-OH is 1. The predicted octanol–water partition coefficient (Wildman–Crippen LogP) is 0.193. The average Bonchev–Trinajstić information content (AvgIpc) is 2.39. The zero-order chi connectivity index (χ0) is 14.3. The Morgan fingerprint density at radius 2 is 1.89 bits per heavy atom. The molecule has 3 N–H and O–H groups in total. The maximum Gasteiger partial charge on any atom is 0.251 e. The largest absolute Gasteiger partial charge is 0.396 e. The fourth-order valence-electron chi connectivity index (χ4n) is 1.27. The van der Waals surface area contributed by atoms with Gasteiger partial charge in [-0.05, 0) is 24.6 Å². The Hall–Kier alpha value is -2.02. The van der Waals surface area contributed by atoms with E-state index in [1.165, 1.54) is 0 Å². The molecule has 0 spiro atoms. The van der Waals surface area contributed by atoms with Gasteiger partial charge in [-0.25, -0.2) is 8.78 Å². The Morgan fingerprint density at radius 3 is 2.53 bits per heavy atom. The average molecular weight is 272 g/mol. The van der Waals surface area contributed by atoms with Crippen LogP contribution in [0.1, 0.15) is 16.8 Å². The minimum absolute atomic E-state index is 0.0402. The summed E-state index contributed by atoms with van der Waals surface area (Å²) in [5.41, 5.74) is -0.0675. The van der Waals surface area contributed by atoms with Crippen molar-refractivity contribution in [3.8, 4) is 0 Å². The van der Waals surface area contributed by atoms with Crippen LogP contribution in [-0.2, 0) is 4.79 Å². The van der Waals surface area contributed by atoms with E-state index in [2.05, 4.69) is 10.6 Å². The van der Waals surface area contributed by atoms with Crippen molar-refractivity contribution in [2.24, 2.45) is 0 Å². The van der Waals surface area contributed by atoms with Gasteiger partial charge in [0.1, 0.15) is 0 Å². The molecule has 0 saturated heterocycles. The molecule has 0 fully saturated rings. The maximum absolute atomic E-state index is 12.9. The molecule has 0 aliphatic rings. The number of halogens is 2. The van der Waals surface area contributed by atoms with Crippen LogP contribution in [0.5, 0.6) is 0 Å². The Bertz CT molecular complexity index is 466. The number of hydrogen-bond acceptors (Lipinski definition) is 3. The van der Waals surface area contributed by atoms with E-state index in [1.807, 2.05) is 0 Å². The lowest BCUT2D eigenvalue weighted by Crippen LogP contribution is -2.37. The molecule has 0 aliphatic heterocycles. The summed E-state index contributed by atoms with van der Waals surface area (Å²) in [4.78, 5) is 22.8. The van der Waals surface area contributed by atoms with Crippen molar-refractivity contribution in [1.82, 2.24) is 10.6 Å². The van der Waals surface area contributed by atoms with Crippen molar-refractivity contribution in [2.75, 3.05) is 19.7 Å². The Balaban J connectivity index is 2.42. The highest BCUT2D eigenvalue weighted by Crippen LogP contribution is 2.08. The van der Waals surface area contributed by atoms with Gasteiger partial charge < -0.3 is 15.7 Å². The topological polar surface area (TPSA) is 78.4 Å². The van der Waals surface area contributed by atoms with E-state index < -0.39 is 23.4 Å². The van der Waals surface area contributed by atoms with E-state index in [4.69, 9.17) is 5.11 Å². The van der Waals surface area contributed by atoms with E-state index in [0.29, 0.717) is 13.0 Å². The zero-order valence-electron chi connectivity index (χ0n) is 10.1. The van der Waals surface area contributed by atoms with Crippen LogP contribution in [0.15, 0.2) is 18.2 Å². The molecule has 0 saturated carbocycles. The summed E-state index contributed by atoms with van der Waals surface area (Å²) in [6, 6.07) is 2.72. The highest BCUT2D eigenvalue weighted by atomic mass is 19.2. The molecule has 1 aromatic carbocycles. The van der Waals surface area contributed by atoms with Crippen LogP contribution in [0, 0.1) is 11.6 Å². The quantitative estimate of drug-likeness (QED) is 0.647. The van der Waals surface area contributed by atoms with Crippen LogP contribution in [-0.4, -0.2) is 36.6 Å². The van der Waals surface area contributed by atoms with Gasteiger partial charge in [0.2, 0.25) is 5.91 Å². The molecular formula is C12H14F2N2O3. The molecule has 2 amide bonds. The minimum Gasteiger partial charge on any atom is -0.396 e. The Labute approximate surface area is 108 Å². The van der Waals surface area contributed by atoms with Crippen LogP contribution >= 0.6 is 0 Å². The molecule has 0 aromatic heterocycles. The molecular weight excluding hydrogens is 258 g/mol. The van der Waals surface area contributed by atoms with Gasteiger partial charge in [0, 0.05) is 18.7 Å². The molecule has 19 heavy (non-hydrogen) atoms. The summed E-state index contributed by atoms with van der Waals surface area (Å²) in [5, 5.41) is 13.2. The first-order chi connectivity index (χ1) is 9.04. The molecule has 0 radical (unpaired) electrons. The summed E-state index contributed by atoms with van der Waals surface area (Å²) >= 11 is 0. The molecule has 1 aromatic rings. The first-order valence-electron chi connectivity index (χ1n) is 5.65. The number of carbonyl (C=O) groups excluding carboxylic acids is 2. The Kier molecular flexibility index (Phi) is 5.87. The molecule has 0 unspecified atom stereocenters. The third-order valence-corrected chi connectivity index (χ3v) is 2.25. The molecule has 0 bridgehead atoms. The lowest BCUT2D eigenvalue weighted by atomic mass is 10.2. The van der Waals surface area contributed by atoms with Crippen molar-refractivity contribution in [3.63, 3.8) is 0 Å². The lowest BCUT2D eigenvalue weighted by Gasteiger charge is -2.06. The first-order valence-corrected chi connectivity index (χ1v) is 5.65. The number of amides is 2. The van der Waals surface area contributed by atoms with Crippen molar-refractivity contribution >= 4 is 11.8 Å². The monoisotopic (exact) mass is 272 g/mol. The molecule has 5 nitrogen and oxygen atoms in total. The van der Waals surface area contributed by atoms with Crippen LogP contribution in [0.4, 0.5) is 8.78 Å². The van der Waals surface area contributed by atoms with E-state index in [1.54, 1.807) is 0 Å². The molecule has 7 heteroatoms. The van der Waals surface area contributed by atoms with Crippen LogP contribution in [0.25, 0.3) is 0 Å². The summed E-state index contributed by atoms with van der Waals surface area (Å²) in [5.74, 6) is -3.26. The second-order valence-corrected chi connectivity index (χ2v) is 3.74. The smallest absolute Gasteiger partial charge is 0.251 e. The van der Waals surface area contributed by atoms with E-state index in [9.17, 15) is 18.4 Å².